The van der Waals surface area contributed by atoms with E-state index < -0.39 is 6.04 Å². The molecule has 1 unspecified atom stereocenters. The number of carbonyl (C=O) groups is 1. The van der Waals surface area contributed by atoms with Crippen molar-refractivity contribution in [3.63, 3.8) is 0 Å². The van der Waals surface area contributed by atoms with Crippen LogP contribution in [-0.2, 0) is 4.79 Å². The minimum absolute atomic E-state index is 0.0758. The molecular weight excluding hydrogens is 228 g/mol. The van der Waals surface area contributed by atoms with Crippen LogP contribution < -0.4 is 11.1 Å². The van der Waals surface area contributed by atoms with E-state index in [4.69, 9.17) is 10.2 Å². The van der Waals surface area contributed by atoms with Crippen LogP contribution in [0.3, 0.4) is 0 Å². The Balaban J connectivity index is 2.62. The molecule has 0 aliphatic carbocycles. The maximum absolute atomic E-state index is 11.9. The van der Waals surface area contributed by atoms with Gasteiger partial charge >= 0.3 is 0 Å². The van der Waals surface area contributed by atoms with Gasteiger partial charge < -0.3 is 15.5 Å². The third-order valence-corrected chi connectivity index (χ3v) is 2.97. The van der Waals surface area contributed by atoms with Gasteiger partial charge in [-0.05, 0) is 39.2 Å². The Hall–Kier alpha value is -1.29. The van der Waals surface area contributed by atoms with Crippen molar-refractivity contribution in [2.24, 2.45) is 11.7 Å². The zero-order valence-corrected chi connectivity index (χ0v) is 11.9. The van der Waals surface area contributed by atoms with Crippen LogP contribution in [0.25, 0.3) is 0 Å². The molecular formula is C14H24N2O2. The summed E-state index contributed by atoms with van der Waals surface area (Å²) in [7, 11) is 0. The van der Waals surface area contributed by atoms with E-state index in [2.05, 4.69) is 19.2 Å². The van der Waals surface area contributed by atoms with Gasteiger partial charge in [0.15, 0.2) is 0 Å². The number of amides is 1. The maximum Gasteiger partial charge on any atom is 0.237 e. The number of nitrogens with two attached hydrogens (primary N) is 1. The van der Waals surface area contributed by atoms with Crippen LogP contribution in [0.15, 0.2) is 10.5 Å². The molecule has 18 heavy (non-hydrogen) atoms. The van der Waals surface area contributed by atoms with E-state index in [0.29, 0.717) is 12.3 Å². The lowest BCUT2D eigenvalue weighted by Gasteiger charge is -2.18. The number of aryl methyl sites for hydroxylation is 2. The van der Waals surface area contributed by atoms with Crippen molar-refractivity contribution in [2.45, 2.75) is 53.1 Å². The first-order chi connectivity index (χ1) is 8.31. The maximum atomic E-state index is 11.9. The van der Waals surface area contributed by atoms with Crippen LogP contribution in [0.5, 0.6) is 0 Å². The van der Waals surface area contributed by atoms with Crippen molar-refractivity contribution in [2.75, 3.05) is 0 Å². The van der Waals surface area contributed by atoms with E-state index in [0.717, 1.165) is 17.1 Å². The normalized spacial score (nSPS) is 14.6. The number of hydrogen-bond donors (Lipinski definition) is 2. The molecule has 4 heteroatoms. The lowest BCUT2D eigenvalue weighted by Crippen LogP contribution is -2.42. The molecule has 1 aromatic rings. The first-order valence-corrected chi connectivity index (χ1v) is 6.44. The summed E-state index contributed by atoms with van der Waals surface area (Å²) in [4.78, 5) is 11.9. The standard InChI is InChI=1S/C14H24N2O2/c1-8(2)6-13(15)14(17)16-10(4)12-7-9(3)18-11(12)5/h7-8,10,13H,6,15H2,1-5H3,(H,16,17)/t10?,13-/m0/s1. The Kier molecular flexibility index (Phi) is 4.96. The molecule has 0 radical (unpaired) electrons. The van der Waals surface area contributed by atoms with Crippen LogP contribution in [0.1, 0.15) is 50.3 Å². The van der Waals surface area contributed by atoms with Gasteiger partial charge in [-0.25, -0.2) is 0 Å². The molecule has 1 rings (SSSR count). The fraction of sp³-hybridized carbons (Fsp3) is 0.643. The molecule has 1 aromatic heterocycles. The monoisotopic (exact) mass is 252 g/mol. The van der Waals surface area contributed by atoms with Gasteiger partial charge in [-0.15, -0.1) is 0 Å². The lowest BCUT2D eigenvalue weighted by atomic mass is 10.0. The van der Waals surface area contributed by atoms with Gasteiger partial charge in [0.05, 0.1) is 12.1 Å². The fourth-order valence-corrected chi connectivity index (χ4v) is 2.09. The molecule has 2 atom stereocenters. The molecule has 0 aromatic carbocycles. The Morgan fingerprint density at radius 2 is 2.00 bits per heavy atom. The second-order valence-corrected chi connectivity index (χ2v) is 5.33. The molecule has 0 aliphatic rings. The highest BCUT2D eigenvalue weighted by atomic mass is 16.3. The zero-order chi connectivity index (χ0) is 13.9. The van der Waals surface area contributed by atoms with Gasteiger partial charge in [0.2, 0.25) is 5.91 Å². The van der Waals surface area contributed by atoms with E-state index in [1.54, 1.807) is 0 Å². The summed E-state index contributed by atoms with van der Waals surface area (Å²) >= 11 is 0. The zero-order valence-electron chi connectivity index (χ0n) is 11.9. The van der Waals surface area contributed by atoms with Gasteiger partial charge in [-0.3, -0.25) is 4.79 Å². The van der Waals surface area contributed by atoms with Gasteiger partial charge in [-0.2, -0.15) is 0 Å². The van der Waals surface area contributed by atoms with Crippen LogP contribution >= 0.6 is 0 Å². The topological polar surface area (TPSA) is 68.3 Å². The molecule has 0 saturated heterocycles. The van der Waals surface area contributed by atoms with Crippen molar-refractivity contribution in [3.05, 3.63) is 23.2 Å². The first-order valence-electron chi connectivity index (χ1n) is 6.44. The quantitative estimate of drug-likeness (QED) is 0.845. The smallest absolute Gasteiger partial charge is 0.237 e. The molecule has 0 saturated carbocycles. The summed E-state index contributed by atoms with van der Waals surface area (Å²) in [5.74, 6) is 2.02. The second kappa shape index (κ2) is 6.05. The van der Waals surface area contributed by atoms with E-state index in [1.165, 1.54) is 0 Å². The molecule has 0 bridgehead atoms. The molecule has 1 heterocycles. The largest absolute Gasteiger partial charge is 0.466 e. The predicted octanol–water partition coefficient (Wildman–Crippen LogP) is 2.45. The minimum Gasteiger partial charge on any atom is -0.466 e. The van der Waals surface area contributed by atoms with E-state index in [9.17, 15) is 4.79 Å². The van der Waals surface area contributed by atoms with Crippen molar-refractivity contribution in [3.8, 4) is 0 Å². The van der Waals surface area contributed by atoms with E-state index >= 15 is 0 Å². The number of nitrogens with one attached hydrogen (secondary N) is 1. The van der Waals surface area contributed by atoms with E-state index in [1.807, 2.05) is 26.8 Å². The summed E-state index contributed by atoms with van der Waals surface area (Å²) in [6.07, 6.45) is 0.696. The van der Waals surface area contributed by atoms with Crippen LogP contribution in [0.2, 0.25) is 0 Å². The second-order valence-electron chi connectivity index (χ2n) is 5.33. The average molecular weight is 252 g/mol. The first kappa shape index (κ1) is 14.8. The average Bonchev–Trinajstić information content (AvgIpc) is 2.56. The highest BCUT2D eigenvalue weighted by molar-refractivity contribution is 5.81. The van der Waals surface area contributed by atoms with Gasteiger partial charge in [0.1, 0.15) is 11.5 Å². The fourth-order valence-electron chi connectivity index (χ4n) is 2.09. The molecule has 1 amide bonds. The summed E-state index contributed by atoms with van der Waals surface area (Å²) in [5.41, 5.74) is 6.86. The molecule has 102 valence electrons. The highest BCUT2D eigenvalue weighted by Gasteiger charge is 2.19. The Morgan fingerprint density at radius 1 is 1.39 bits per heavy atom. The van der Waals surface area contributed by atoms with Crippen LogP contribution in [0, 0.1) is 19.8 Å². The number of rotatable bonds is 5. The molecule has 0 fully saturated rings. The number of hydrogen-bond acceptors (Lipinski definition) is 3. The van der Waals surface area contributed by atoms with E-state index in [-0.39, 0.29) is 11.9 Å². The van der Waals surface area contributed by atoms with Gasteiger partial charge in [0.25, 0.3) is 0 Å². The number of carbonyl (C=O) groups excluding carboxylic acids is 1. The van der Waals surface area contributed by atoms with Crippen molar-refractivity contribution >= 4 is 5.91 Å². The molecule has 0 aliphatic heterocycles. The van der Waals surface area contributed by atoms with Crippen LogP contribution in [0.4, 0.5) is 0 Å². The van der Waals surface area contributed by atoms with Crippen molar-refractivity contribution in [1.82, 2.24) is 5.32 Å². The third kappa shape index (κ3) is 3.88. The van der Waals surface area contributed by atoms with Crippen LogP contribution in [-0.4, -0.2) is 11.9 Å². The SMILES string of the molecule is Cc1cc(C(C)NC(=O)[C@@H](N)CC(C)C)c(C)o1. The summed E-state index contributed by atoms with van der Waals surface area (Å²) in [6.45, 7) is 9.85. The van der Waals surface area contributed by atoms with Gasteiger partial charge in [0, 0.05) is 5.56 Å². The Labute approximate surface area is 109 Å². The summed E-state index contributed by atoms with van der Waals surface area (Å²) < 4.78 is 5.46. The van der Waals surface area contributed by atoms with Crippen molar-refractivity contribution in [1.29, 1.82) is 0 Å². The highest BCUT2D eigenvalue weighted by Crippen LogP contribution is 2.21. The van der Waals surface area contributed by atoms with Gasteiger partial charge in [-0.1, -0.05) is 13.8 Å². The molecule has 0 spiro atoms. The Bertz CT molecular complexity index is 410. The van der Waals surface area contributed by atoms with Crippen molar-refractivity contribution < 1.29 is 9.21 Å². The Morgan fingerprint density at radius 3 is 2.44 bits per heavy atom. The summed E-state index contributed by atoms with van der Waals surface area (Å²) in [6, 6.07) is 1.43. The molecule has 4 nitrogen and oxygen atoms in total. The number of furan rings is 1. The molecule has 3 N–H and O–H groups in total. The lowest BCUT2D eigenvalue weighted by molar-refractivity contribution is -0.123. The summed E-state index contributed by atoms with van der Waals surface area (Å²) in [5, 5.41) is 2.93. The third-order valence-electron chi connectivity index (χ3n) is 2.97. The predicted molar refractivity (Wildman–Crippen MR) is 72.2 cm³/mol. The minimum atomic E-state index is -0.444.